The highest BCUT2D eigenvalue weighted by Gasteiger charge is 2.35. The molecule has 2 N–H and O–H groups in total. The lowest BCUT2D eigenvalue weighted by Crippen LogP contribution is -2.51. The van der Waals surface area contributed by atoms with Gasteiger partial charge in [-0.15, -0.1) is 0 Å². The molecule has 276 valence electrons. The summed E-state index contributed by atoms with van der Waals surface area (Å²) >= 11 is 0. The lowest BCUT2D eigenvalue weighted by atomic mass is 10.0. The lowest BCUT2D eigenvalue weighted by Gasteiger charge is -2.39. The van der Waals surface area contributed by atoms with Crippen molar-refractivity contribution < 1.29 is 27.5 Å². The summed E-state index contributed by atoms with van der Waals surface area (Å²) in [6, 6.07) is 23.7. The Balaban J connectivity index is 1.19. The fraction of sp³-hybridized carbons (Fsp3) is 0.293. The Bertz CT molecular complexity index is 2080. The first-order valence-corrected chi connectivity index (χ1v) is 17.6. The van der Waals surface area contributed by atoms with Crippen molar-refractivity contribution in [2.75, 3.05) is 36.8 Å². The summed E-state index contributed by atoms with van der Waals surface area (Å²) in [5, 5.41) is 9.88. The van der Waals surface area contributed by atoms with Crippen molar-refractivity contribution >= 4 is 23.2 Å². The lowest BCUT2D eigenvalue weighted by molar-refractivity contribution is -0.138. The molecule has 0 spiro atoms. The molecule has 0 aliphatic carbocycles. The van der Waals surface area contributed by atoms with E-state index in [1.807, 2.05) is 61.5 Å². The maximum absolute atomic E-state index is 14.3. The highest BCUT2D eigenvalue weighted by Crippen LogP contribution is 2.35. The van der Waals surface area contributed by atoms with E-state index in [2.05, 4.69) is 27.6 Å². The van der Waals surface area contributed by atoms with Crippen LogP contribution in [0.5, 0.6) is 5.75 Å². The Morgan fingerprint density at radius 1 is 0.925 bits per heavy atom. The molecule has 9 nitrogen and oxygen atoms in total. The Labute approximate surface area is 307 Å². The van der Waals surface area contributed by atoms with Gasteiger partial charge in [0.05, 0.1) is 17.3 Å². The van der Waals surface area contributed by atoms with Gasteiger partial charge in [0.25, 0.3) is 11.8 Å². The molecule has 1 aliphatic heterocycles. The van der Waals surface area contributed by atoms with Crippen LogP contribution in [-0.2, 0) is 26.4 Å². The summed E-state index contributed by atoms with van der Waals surface area (Å²) in [5.74, 6) is -0.764. The molecule has 6 rings (SSSR count). The molecular formula is C41H43F3N6O3. The summed E-state index contributed by atoms with van der Waals surface area (Å²) in [6.07, 6.45) is -1.04. The van der Waals surface area contributed by atoms with Crippen molar-refractivity contribution in [1.29, 1.82) is 0 Å². The van der Waals surface area contributed by atoms with Gasteiger partial charge < -0.3 is 20.3 Å². The van der Waals surface area contributed by atoms with Gasteiger partial charge in [0, 0.05) is 68.0 Å². The highest BCUT2D eigenvalue weighted by molar-refractivity contribution is 6.08. The van der Waals surface area contributed by atoms with Crippen molar-refractivity contribution in [2.24, 2.45) is 7.05 Å². The average Bonchev–Trinajstić information content (AvgIpc) is 3.59. The van der Waals surface area contributed by atoms with Gasteiger partial charge in [-0.2, -0.15) is 18.3 Å². The first kappa shape index (κ1) is 37.3. The second-order valence-corrected chi connectivity index (χ2v) is 13.4. The van der Waals surface area contributed by atoms with Gasteiger partial charge in [0.15, 0.2) is 0 Å². The number of benzene rings is 4. The minimum absolute atomic E-state index is 0.101. The molecule has 1 fully saturated rings. The van der Waals surface area contributed by atoms with Crippen molar-refractivity contribution in [1.82, 2.24) is 19.6 Å². The molecular weight excluding hydrogens is 681 g/mol. The number of amides is 2. The molecule has 12 heteroatoms. The fourth-order valence-electron chi connectivity index (χ4n) is 6.47. The molecule has 53 heavy (non-hydrogen) atoms. The molecule has 1 saturated heterocycles. The van der Waals surface area contributed by atoms with Crippen molar-refractivity contribution in [3.8, 4) is 16.9 Å². The van der Waals surface area contributed by atoms with Gasteiger partial charge >= 0.3 is 6.18 Å². The van der Waals surface area contributed by atoms with Crippen LogP contribution in [0.25, 0.3) is 11.1 Å². The predicted octanol–water partition coefficient (Wildman–Crippen LogP) is 8.02. The number of halogens is 3. The smallest absolute Gasteiger partial charge is 0.416 e. The van der Waals surface area contributed by atoms with E-state index >= 15 is 0 Å². The quantitative estimate of drug-likeness (QED) is 0.143. The number of alkyl halides is 3. The number of rotatable bonds is 11. The fourth-order valence-corrected chi connectivity index (χ4v) is 6.47. The average molecular weight is 725 g/mol. The number of likely N-dealkylation sites (N-methyl/N-ethyl adjacent to an activating group) is 1. The zero-order valence-electron chi connectivity index (χ0n) is 30.2. The summed E-state index contributed by atoms with van der Waals surface area (Å²) in [4.78, 5) is 31.4. The number of aryl methyl sites for hydroxylation is 2. The van der Waals surface area contributed by atoms with Gasteiger partial charge in [-0.3, -0.25) is 19.2 Å². The van der Waals surface area contributed by atoms with Crippen LogP contribution in [0.1, 0.15) is 56.8 Å². The molecule has 1 atom stereocenters. The number of piperazine rings is 1. The topological polar surface area (TPSA) is 91.7 Å². The molecule has 1 aromatic heterocycles. The molecule has 1 unspecified atom stereocenters. The number of ether oxygens (including phenoxy) is 1. The van der Waals surface area contributed by atoms with Crippen molar-refractivity contribution in [2.45, 2.75) is 46.1 Å². The van der Waals surface area contributed by atoms with Crippen LogP contribution in [0.15, 0.2) is 97.3 Å². The third-order valence-corrected chi connectivity index (χ3v) is 9.59. The summed E-state index contributed by atoms with van der Waals surface area (Å²) in [6.45, 7) is 9.43. The zero-order chi connectivity index (χ0) is 37.7. The van der Waals surface area contributed by atoms with Gasteiger partial charge in [-0.1, -0.05) is 55.5 Å². The second kappa shape index (κ2) is 16.1. The molecule has 1 aliphatic rings. The first-order chi connectivity index (χ1) is 25.4. The van der Waals surface area contributed by atoms with E-state index < -0.39 is 23.6 Å². The Kier molecular flexibility index (Phi) is 11.3. The number of carbonyl (C=O) groups is 2. The molecule has 2 amide bonds. The third kappa shape index (κ3) is 9.13. The highest BCUT2D eigenvalue weighted by atomic mass is 19.4. The number of aromatic nitrogens is 2. The van der Waals surface area contributed by atoms with Crippen LogP contribution < -0.4 is 15.4 Å². The van der Waals surface area contributed by atoms with Crippen molar-refractivity contribution in [3.63, 3.8) is 0 Å². The second-order valence-electron chi connectivity index (χ2n) is 13.4. The van der Waals surface area contributed by atoms with Gasteiger partial charge in [-0.25, -0.2) is 0 Å². The van der Waals surface area contributed by atoms with E-state index in [9.17, 15) is 22.8 Å². The van der Waals surface area contributed by atoms with E-state index in [1.165, 1.54) is 12.1 Å². The van der Waals surface area contributed by atoms with Crippen LogP contribution >= 0.6 is 0 Å². The number of carbonyl (C=O) groups excluding carboxylic acids is 2. The summed E-state index contributed by atoms with van der Waals surface area (Å²) in [7, 11) is 1.82. The third-order valence-electron chi connectivity index (χ3n) is 9.59. The molecule has 4 aromatic carbocycles. The van der Waals surface area contributed by atoms with Gasteiger partial charge in [-0.05, 0) is 79.0 Å². The SMILES string of the molecule is CCN1CCN(Cc2ccc(C(=O)Nc3ccc(C)c(NC(=O)c4ccc(-c5cnn(C)c5)cc4OCc4ccccc4)c3)cc2C(F)(F)F)C(C)C1. The van der Waals surface area contributed by atoms with E-state index in [-0.39, 0.29) is 30.3 Å². The van der Waals surface area contributed by atoms with Crippen LogP contribution in [0.3, 0.4) is 0 Å². The maximum atomic E-state index is 14.3. The Morgan fingerprint density at radius 2 is 1.72 bits per heavy atom. The number of nitrogens with zero attached hydrogens (tertiary/aromatic N) is 4. The number of hydrogen-bond acceptors (Lipinski definition) is 6. The molecule has 0 radical (unpaired) electrons. The predicted molar refractivity (Wildman–Crippen MR) is 200 cm³/mol. The molecule has 5 aromatic rings. The molecule has 0 bridgehead atoms. The van der Waals surface area contributed by atoms with Crippen LogP contribution in [0.2, 0.25) is 0 Å². The van der Waals surface area contributed by atoms with E-state index in [4.69, 9.17) is 4.74 Å². The minimum atomic E-state index is -4.64. The first-order valence-electron chi connectivity index (χ1n) is 17.6. The maximum Gasteiger partial charge on any atom is 0.416 e. The minimum Gasteiger partial charge on any atom is -0.488 e. The van der Waals surface area contributed by atoms with E-state index in [1.54, 1.807) is 48.1 Å². The standard InChI is InChI=1S/C41H43F3N6O3/c1-5-49-17-18-50(28(3)23-49)25-32-13-12-31(19-36(32)41(42,43)44)39(51)46-34-15-11-27(2)37(21-34)47-40(52)35-16-14-30(33-22-45-48(4)24-33)20-38(35)53-26-29-9-7-6-8-10-29/h6-16,19-22,24,28H,5,17-18,23,25-26H2,1-4H3,(H,46,51)(H,47,52). The van der Waals surface area contributed by atoms with Crippen molar-refractivity contribution in [3.05, 3.63) is 131 Å². The van der Waals surface area contributed by atoms with Gasteiger partial charge in [0.1, 0.15) is 12.4 Å². The molecule has 0 saturated carbocycles. The zero-order valence-corrected chi connectivity index (χ0v) is 30.2. The Morgan fingerprint density at radius 3 is 2.42 bits per heavy atom. The Hall–Kier alpha value is -5.46. The number of hydrogen-bond donors (Lipinski definition) is 2. The monoisotopic (exact) mass is 724 g/mol. The number of nitrogens with one attached hydrogen (secondary N) is 2. The van der Waals surface area contributed by atoms with Crippen LogP contribution in [0, 0.1) is 6.92 Å². The summed E-state index contributed by atoms with van der Waals surface area (Å²) in [5.41, 5.74) is 3.54. The van der Waals surface area contributed by atoms with Crippen LogP contribution in [-0.4, -0.2) is 63.6 Å². The summed E-state index contributed by atoms with van der Waals surface area (Å²) < 4.78 is 50.8. The van der Waals surface area contributed by atoms with Crippen LogP contribution in [0.4, 0.5) is 24.5 Å². The van der Waals surface area contributed by atoms with E-state index in [0.717, 1.165) is 42.4 Å². The van der Waals surface area contributed by atoms with E-state index in [0.29, 0.717) is 34.8 Å². The van der Waals surface area contributed by atoms with Gasteiger partial charge in [0.2, 0.25) is 0 Å². The number of anilines is 2. The molecule has 2 heterocycles. The largest absolute Gasteiger partial charge is 0.488 e. The normalized spacial score (nSPS) is 15.3.